The van der Waals surface area contributed by atoms with Crippen LogP contribution in [0.25, 0.3) is 0 Å². The Morgan fingerprint density at radius 3 is 2.85 bits per heavy atom. The minimum absolute atomic E-state index is 0.122. The van der Waals surface area contributed by atoms with Gasteiger partial charge in [0.15, 0.2) is 0 Å². The number of nitrogens with two attached hydrogens (primary N) is 1. The van der Waals surface area contributed by atoms with Crippen LogP contribution in [-0.4, -0.2) is 30.4 Å². The topological polar surface area (TPSA) is 46.3 Å². The highest BCUT2D eigenvalue weighted by Gasteiger charge is 2.23. The van der Waals surface area contributed by atoms with Crippen LogP contribution in [0.4, 0.5) is 0 Å². The quantitative estimate of drug-likeness (QED) is 0.691. The van der Waals surface area contributed by atoms with E-state index in [0.717, 1.165) is 19.5 Å². The number of rotatable bonds is 2. The first-order chi connectivity index (χ1) is 6.15. The summed E-state index contributed by atoms with van der Waals surface area (Å²) in [7, 11) is 0. The Labute approximate surface area is 80.3 Å². The normalized spacial score (nSPS) is 23.7. The molecule has 0 radical (unpaired) electrons. The van der Waals surface area contributed by atoms with Gasteiger partial charge in [-0.2, -0.15) is 0 Å². The van der Waals surface area contributed by atoms with Crippen LogP contribution >= 0.6 is 0 Å². The lowest BCUT2D eigenvalue weighted by Crippen LogP contribution is -2.43. The maximum atomic E-state index is 11.6. The fourth-order valence-corrected chi connectivity index (χ4v) is 1.82. The van der Waals surface area contributed by atoms with E-state index in [9.17, 15) is 4.79 Å². The van der Waals surface area contributed by atoms with Crippen LogP contribution in [-0.2, 0) is 4.79 Å². The molecular weight excluding hydrogens is 164 g/mol. The van der Waals surface area contributed by atoms with Crippen molar-refractivity contribution >= 4 is 5.91 Å². The van der Waals surface area contributed by atoms with E-state index in [-0.39, 0.29) is 11.8 Å². The van der Waals surface area contributed by atoms with E-state index >= 15 is 0 Å². The molecule has 13 heavy (non-hydrogen) atoms. The van der Waals surface area contributed by atoms with Gasteiger partial charge in [-0.3, -0.25) is 4.79 Å². The summed E-state index contributed by atoms with van der Waals surface area (Å²) in [5, 5.41) is 0. The fourth-order valence-electron chi connectivity index (χ4n) is 1.82. The molecule has 1 atom stereocenters. The average molecular weight is 184 g/mol. The molecule has 0 aromatic rings. The van der Waals surface area contributed by atoms with Crippen molar-refractivity contribution in [3.8, 4) is 0 Å². The Kier molecular flexibility index (Phi) is 3.72. The van der Waals surface area contributed by atoms with Gasteiger partial charge in [-0.25, -0.2) is 0 Å². The summed E-state index contributed by atoms with van der Waals surface area (Å²) < 4.78 is 0. The van der Waals surface area contributed by atoms with Crippen LogP contribution in [0.3, 0.4) is 0 Å². The lowest BCUT2D eigenvalue weighted by atomic mass is 9.97. The van der Waals surface area contributed by atoms with Crippen LogP contribution in [0.2, 0.25) is 0 Å². The van der Waals surface area contributed by atoms with Crippen molar-refractivity contribution in [2.45, 2.75) is 26.7 Å². The number of amides is 1. The summed E-state index contributed by atoms with van der Waals surface area (Å²) in [5.41, 5.74) is 5.60. The summed E-state index contributed by atoms with van der Waals surface area (Å²) in [5.74, 6) is 0.922. The maximum absolute atomic E-state index is 11.6. The van der Waals surface area contributed by atoms with Crippen molar-refractivity contribution in [2.75, 3.05) is 19.6 Å². The number of nitrogens with zero attached hydrogens (tertiary/aromatic N) is 1. The van der Waals surface area contributed by atoms with Crippen molar-refractivity contribution in [3.05, 3.63) is 0 Å². The molecule has 1 saturated heterocycles. The number of carbonyl (C=O) groups excluding carboxylic acids is 1. The van der Waals surface area contributed by atoms with E-state index in [1.807, 2.05) is 18.7 Å². The van der Waals surface area contributed by atoms with E-state index < -0.39 is 0 Å². The molecule has 1 aliphatic rings. The summed E-state index contributed by atoms with van der Waals surface area (Å²) in [6.45, 7) is 6.41. The highest BCUT2D eigenvalue weighted by atomic mass is 16.2. The summed E-state index contributed by atoms with van der Waals surface area (Å²) >= 11 is 0. The first-order valence-electron chi connectivity index (χ1n) is 5.14. The zero-order valence-electron chi connectivity index (χ0n) is 8.62. The van der Waals surface area contributed by atoms with Crippen LogP contribution in [0.5, 0.6) is 0 Å². The lowest BCUT2D eigenvalue weighted by Gasteiger charge is -2.33. The van der Waals surface area contributed by atoms with Gasteiger partial charge < -0.3 is 10.6 Å². The molecule has 1 rings (SSSR count). The van der Waals surface area contributed by atoms with Gasteiger partial charge in [-0.05, 0) is 25.3 Å². The van der Waals surface area contributed by atoms with Gasteiger partial charge in [0.25, 0.3) is 0 Å². The van der Waals surface area contributed by atoms with Crippen LogP contribution in [0, 0.1) is 11.8 Å². The molecule has 0 spiro atoms. The van der Waals surface area contributed by atoms with Gasteiger partial charge in [0.05, 0.1) is 0 Å². The molecule has 1 amide bonds. The summed E-state index contributed by atoms with van der Waals surface area (Å²) in [6.07, 6.45) is 2.29. The Bertz CT molecular complexity index is 180. The molecule has 0 aliphatic carbocycles. The fraction of sp³-hybridized carbons (Fsp3) is 0.900. The largest absolute Gasteiger partial charge is 0.342 e. The highest BCUT2D eigenvalue weighted by molar-refractivity contribution is 5.78. The molecule has 0 saturated carbocycles. The second kappa shape index (κ2) is 4.61. The van der Waals surface area contributed by atoms with Crippen LogP contribution < -0.4 is 5.73 Å². The van der Waals surface area contributed by atoms with Crippen molar-refractivity contribution in [1.82, 2.24) is 4.90 Å². The molecule has 1 fully saturated rings. The Hall–Kier alpha value is -0.570. The zero-order chi connectivity index (χ0) is 9.84. The van der Waals surface area contributed by atoms with E-state index in [1.54, 1.807) is 0 Å². The second-order valence-electron chi connectivity index (χ2n) is 4.18. The first kappa shape index (κ1) is 10.5. The third kappa shape index (κ3) is 2.69. The van der Waals surface area contributed by atoms with Crippen molar-refractivity contribution in [1.29, 1.82) is 0 Å². The number of likely N-dealkylation sites (tertiary alicyclic amines) is 1. The van der Waals surface area contributed by atoms with E-state index in [2.05, 4.69) is 0 Å². The molecule has 0 aromatic carbocycles. The van der Waals surface area contributed by atoms with Gasteiger partial charge in [0.2, 0.25) is 5.91 Å². The van der Waals surface area contributed by atoms with Crippen LogP contribution in [0.15, 0.2) is 0 Å². The predicted molar refractivity (Wildman–Crippen MR) is 53.2 cm³/mol. The van der Waals surface area contributed by atoms with Crippen molar-refractivity contribution in [2.24, 2.45) is 17.6 Å². The Morgan fingerprint density at radius 2 is 2.31 bits per heavy atom. The molecule has 0 bridgehead atoms. The van der Waals surface area contributed by atoms with Crippen molar-refractivity contribution < 1.29 is 4.79 Å². The van der Waals surface area contributed by atoms with Crippen LogP contribution in [0.1, 0.15) is 26.7 Å². The number of carbonyl (C=O) groups is 1. The van der Waals surface area contributed by atoms with Crippen molar-refractivity contribution in [3.63, 3.8) is 0 Å². The second-order valence-corrected chi connectivity index (χ2v) is 4.18. The number of piperidine rings is 1. The SMILES string of the molecule is CC(C)C(=O)N1CCC[C@H](CN)C1. The third-order valence-electron chi connectivity index (χ3n) is 2.66. The predicted octanol–water partition coefficient (Wildman–Crippen LogP) is 0.840. The molecule has 3 heteroatoms. The number of hydrogen-bond donors (Lipinski definition) is 1. The molecule has 1 aliphatic heterocycles. The summed E-state index contributed by atoms with van der Waals surface area (Å²) in [4.78, 5) is 13.6. The van der Waals surface area contributed by atoms with Gasteiger partial charge in [0.1, 0.15) is 0 Å². The Balaban J connectivity index is 2.46. The molecular formula is C10H20N2O. The molecule has 2 N–H and O–H groups in total. The van der Waals surface area contributed by atoms with E-state index in [4.69, 9.17) is 5.73 Å². The van der Waals surface area contributed by atoms with Gasteiger partial charge in [0, 0.05) is 19.0 Å². The molecule has 76 valence electrons. The molecule has 3 nitrogen and oxygen atoms in total. The first-order valence-corrected chi connectivity index (χ1v) is 5.14. The van der Waals surface area contributed by atoms with Gasteiger partial charge in [-0.1, -0.05) is 13.8 Å². The molecule has 0 unspecified atom stereocenters. The highest BCUT2D eigenvalue weighted by Crippen LogP contribution is 2.16. The maximum Gasteiger partial charge on any atom is 0.225 e. The lowest BCUT2D eigenvalue weighted by molar-refractivity contribution is -0.136. The zero-order valence-corrected chi connectivity index (χ0v) is 8.62. The standard InChI is InChI=1S/C10H20N2O/c1-8(2)10(13)12-5-3-4-9(6-11)7-12/h8-9H,3-7,11H2,1-2H3/t9-/m1/s1. The third-order valence-corrected chi connectivity index (χ3v) is 2.66. The summed E-state index contributed by atoms with van der Waals surface area (Å²) in [6, 6.07) is 0. The van der Waals surface area contributed by atoms with E-state index in [0.29, 0.717) is 12.5 Å². The Morgan fingerprint density at radius 1 is 1.62 bits per heavy atom. The smallest absolute Gasteiger partial charge is 0.225 e. The molecule has 1 heterocycles. The van der Waals surface area contributed by atoms with Gasteiger partial charge in [-0.15, -0.1) is 0 Å². The minimum atomic E-state index is 0.122. The number of hydrogen-bond acceptors (Lipinski definition) is 2. The van der Waals surface area contributed by atoms with E-state index in [1.165, 1.54) is 6.42 Å². The minimum Gasteiger partial charge on any atom is -0.342 e. The monoisotopic (exact) mass is 184 g/mol. The average Bonchev–Trinajstić information content (AvgIpc) is 2.16. The molecule has 0 aromatic heterocycles. The van der Waals surface area contributed by atoms with Gasteiger partial charge >= 0.3 is 0 Å².